The van der Waals surface area contributed by atoms with Gasteiger partial charge in [0.05, 0.1) is 24.0 Å². The van der Waals surface area contributed by atoms with Gasteiger partial charge in [-0.1, -0.05) is 6.92 Å². The van der Waals surface area contributed by atoms with Crippen molar-refractivity contribution in [2.45, 2.75) is 45.4 Å². The summed E-state index contributed by atoms with van der Waals surface area (Å²) in [5.41, 5.74) is -0.523. The summed E-state index contributed by atoms with van der Waals surface area (Å²) in [7, 11) is 1.47. The summed E-state index contributed by atoms with van der Waals surface area (Å²) < 4.78 is 5.01. The Morgan fingerprint density at radius 3 is 2.65 bits per heavy atom. The molecule has 4 aliphatic carbocycles. The molecule has 0 aliphatic heterocycles. The molecule has 4 fully saturated rings. The molecule has 4 rings (SSSR count). The van der Waals surface area contributed by atoms with Crippen LogP contribution in [0.1, 0.15) is 45.4 Å². The highest BCUT2D eigenvalue weighted by Crippen LogP contribution is 2.70. The van der Waals surface area contributed by atoms with E-state index in [0.717, 1.165) is 32.1 Å². The van der Waals surface area contributed by atoms with E-state index in [1.807, 2.05) is 0 Å². The average Bonchev–Trinajstić information content (AvgIpc) is 2.24. The monoisotopic (exact) mass is 232 g/mol. The first-order valence-corrected chi connectivity index (χ1v) is 6.28. The SMILES string of the molecule is COC(=O)C12C[C]3CC(C)(CC(C#N)(C3)C1)C2. The third-order valence-electron chi connectivity index (χ3n) is 4.92. The fourth-order valence-electron chi connectivity index (χ4n) is 5.14. The first-order valence-electron chi connectivity index (χ1n) is 6.28. The second-order valence-electron chi connectivity index (χ2n) is 6.79. The molecule has 0 heterocycles. The fraction of sp³-hybridized carbons (Fsp3) is 0.786. The molecule has 0 saturated heterocycles. The van der Waals surface area contributed by atoms with Gasteiger partial charge in [0.2, 0.25) is 0 Å². The highest BCUT2D eigenvalue weighted by atomic mass is 16.5. The van der Waals surface area contributed by atoms with E-state index in [2.05, 4.69) is 13.0 Å². The summed E-state index contributed by atoms with van der Waals surface area (Å²) in [5.74, 6) is 1.32. The van der Waals surface area contributed by atoms with Gasteiger partial charge >= 0.3 is 5.97 Å². The maximum absolute atomic E-state index is 12.1. The number of hydrogen-bond donors (Lipinski definition) is 0. The Bertz CT molecular complexity index is 426. The summed E-state index contributed by atoms with van der Waals surface area (Å²) in [6.07, 6.45) is 5.45. The highest BCUT2D eigenvalue weighted by molar-refractivity contribution is 5.78. The van der Waals surface area contributed by atoms with Gasteiger partial charge in [0.25, 0.3) is 0 Å². The lowest BCUT2D eigenvalue weighted by molar-refractivity contribution is -0.171. The molecule has 4 aliphatic rings. The smallest absolute Gasteiger partial charge is 0.311 e. The van der Waals surface area contributed by atoms with Crippen molar-refractivity contribution in [3.63, 3.8) is 0 Å². The molecule has 0 amide bonds. The topological polar surface area (TPSA) is 50.1 Å². The fourth-order valence-corrected chi connectivity index (χ4v) is 5.14. The number of carbonyl (C=O) groups is 1. The molecule has 3 unspecified atom stereocenters. The Kier molecular flexibility index (Phi) is 1.98. The lowest BCUT2D eigenvalue weighted by Gasteiger charge is -2.62. The largest absolute Gasteiger partial charge is 0.469 e. The van der Waals surface area contributed by atoms with Gasteiger partial charge in [-0.05, 0) is 49.9 Å². The molecule has 1 radical (unpaired) electrons. The van der Waals surface area contributed by atoms with E-state index in [9.17, 15) is 10.1 Å². The molecule has 0 aromatic heterocycles. The van der Waals surface area contributed by atoms with Crippen molar-refractivity contribution in [2.24, 2.45) is 16.2 Å². The lowest BCUT2D eigenvalue weighted by Crippen LogP contribution is -2.57. The summed E-state index contributed by atoms with van der Waals surface area (Å²) in [6, 6.07) is 2.51. The Morgan fingerprint density at radius 2 is 2.06 bits per heavy atom. The standard InChI is InChI=1S/C14H18NO2/c1-12-3-10-4-13(6-12,9-15)8-14(5-10,7-12)11(16)17-2/h3-8H2,1-2H3. The van der Waals surface area contributed by atoms with E-state index in [0.29, 0.717) is 6.42 Å². The quantitative estimate of drug-likeness (QED) is 0.653. The van der Waals surface area contributed by atoms with Crippen molar-refractivity contribution < 1.29 is 9.53 Å². The van der Waals surface area contributed by atoms with Crippen molar-refractivity contribution in [3.8, 4) is 6.07 Å². The maximum Gasteiger partial charge on any atom is 0.311 e. The van der Waals surface area contributed by atoms with Gasteiger partial charge in [-0.2, -0.15) is 5.26 Å². The van der Waals surface area contributed by atoms with Crippen LogP contribution in [0, 0.1) is 33.5 Å². The molecular formula is C14H18NO2. The average molecular weight is 232 g/mol. The molecule has 17 heavy (non-hydrogen) atoms. The Labute approximate surface area is 102 Å². The van der Waals surface area contributed by atoms with Gasteiger partial charge in [0.15, 0.2) is 0 Å². The molecule has 91 valence electrons. The first kappa shape index (κ1) is 11.1. The molecule has 0 aromatic carbocycles. The molecule has 0 N–H and O–H groups in total. The molecule has 0 aromatic rings. The number of hydrogen-bond acceptors (Lipinski definition) is 3. The van der Waals surface area contributed by atoms with Crippen LogP contribution in [0.2, 0.25) is 0 Å². The third kappa shape index (κ3) is 1.36. The van der Waals surface area contributed by atoms with Crippen molar-refractivity contribution in [2.75, 3.05) is 7.11 Å². The Morgan fingerprint density at radius 1 is 1.29 bits per heavy atom. The zero-order chi connectivity index (χ0) is 12.3. The number of nitriles is 1. The van der Waals surface area contributed by atoms with Crippen LogP contribution in [-0.2, 0) is 9.53 Å². The lowest BCUT2D eigenvalue weighted by atomic mass is 9.40. The number of ether oxygens (including phenoxy) is 1. The Balaban J connectivity index is 2.05. The number of esters is 1. The van der Waals surface area contributed by atoms with Gasteiger partial charge in [-0.25, -0.2) is 0 Å². The third-order valence-corrected chi connectivity index (χ3v) is 4.92. The predicted octanol–water partition coefficient (Wildman–Crippen LogP) is 2.62. The maximum atomic E-state index is 12.1. The van der Waals surface area contributed by atoms with E-state index >= 15 is 0 Å². The predicted molar refractivity (Wildman–Crippen MR) is 61.5 cm³/mol. The van der Waals surface area contributed by atoms with Crippen LogP contribution < -0.4 is 0 Å². The number of rotatable bonds is 1. The minimum atomic E-state index is -0.386. The highest BCUT2D eigenvalue weighted by Gasteiger charge is 2.65. The normalized spacial score (nSPS) is 47.8. The Hall–Kier alpha value is -1.04. The van der Waals surface area contributed by atoms with Gasteiger partial charge in [-0.15, -0.1) is 0 Å². The number of nitrogens with zero attached hydrogens (tertiary/aromatic N) is 1. The minimum absolute atomic E-state index is 0.0973. The van der Waals surface area contributed by atoms with Crippen LogP contribution in [0.5, 0.6) is 0 Å². The molecule has 4 bridgehead atoms. The van der Waals surface area contributed by atoms with Gasteiger partial charge in [0.1, 0.15) is 0 Å². The summed E-state index contributed by atoms with van der Waals surface area (Å²) in [5, 5.41) is 9.50. The van der Waals surface area contributed by atoms with Gasteiger partial charge < -0.3 is 4.74 Å². The van der Waals surface area contributed by atoms with E-state index in [1.54, 1.807) is 0 Å². The van der Waals surface area contributed by atoms with Crippen LogP contribution in [0.3, 0.4) is 0 Å². The second-order valence-corrected chi connectivity index (χ2v) is 6.79. The summed E-state index contributed by atoms with van der Waals surface area (Å²) in [6.45, 7) is 2.23. The number of methoxy groups -OCH3 is 1. The van der Waals surface area contributed by atoms with E-state index in [1.165, 1.54) is 13.0 Å². The minimum Gasteiger partial charge on any atom is -0.469 e. The van der Waals surface area contributed by atoms with Gasteiger partial charge in [-0.3, -0.25) is 4.79 Å². The van der Waals surface area contributed by atoms with Crippen LogP contribution in [0.15, 0.2) is 0 Å². The second kappa shape index (κ2) is 3.04. The van der Waals surface area contributed by atoms with Crippen molar-refractivity contribution in [3.05, 3.63) is 5.92 Å². The zero-order valence-electron chi connectivity index (χ0n) is 10.5. The van der Waals surface area contributed by atoms with Crippen LogP contribution in [0.25, 0.3) is 0 Å². The van der Waals surface area contributed by atoms with E-state index < -0.39 is 0 Å². The molecule has 3 atom stereocenters. The number of carbonyl (C=O) groups excluding carboxylic acids is 1. The van der Waals surface area contributed by atoms with E-state index in [-0.39, 0.29) is 22.2 Å². The van der Waals surface area contributed by atoms with Crippen LogP contribution in [0.4, 0.5) is 0 Å². The van der Waals surface area contributed by atoms with Crippen LogP contribution in [-0.4, -0.2) is 13.1 Å². The van der Waals surface area contributed by atoms with Crippen molar-refractivity contribution >= 4 is 5.97 Å². The first-order chi connectivity index (χ1) is 7.95. The van der Waals surface area contributed by atoms with Crippen molar-refractivity contribution in [1.29, 1.82) is 5.26 Å². The van der Waals surface area contributed by atoms with Gasteiger partial charge in [0, 0.05) is 0 Å². The molecular weight excluding hydrogens is 214 g/mol. The molecule has 3 heteroatoms. The zero-order valence-corrected chi connectivity index (χ0v) is 10.5. The molecule has 3 nitrogen and oxygen atoms in total. The van der Waals surface area contributed by atoms with E-state index in [4.69, 9.17) is 4.74 Å². The molecule has 4 saturated carbocycles. The van der Waals surface area contributed by atoms with Crippen molar-refractivity contribution in [1.82, 2.24) is 0 Å². The summed E-state index contributed by atoms with van der Waals surface area (Å²) >= 11 is 0. The van der Waals surface area contributed by atoms with Crippen LogP contribution >= 0.6 is 0 Å². The molecule has 0 spiro atoms. The summed E-state index contributed by atoms with van der Waals surface area (Å²) in [4.78, 5) is 12.1.